The van der Waals surface area contributed by atoms with Crippen LogP contribution < -0.4 is 10.1 Å². The summed E-state index contributed by atoms with van der Waals surface area (Å²) >= 11 is 0. The average molecular weight is 414 g/mol. The fourth-order valence-corrected chi connectivity index (χ4v) is 4.59. The third-order valence-electron chi connectivity index (χ3n) is 6.29. The lowest BCUT2D eigenvalue weighted by molar-refractivity contribution is -0.127. The molecule has 0 bridgehead atoms. The molecule has 0 unspecified atom stereocenters. The number of hydrogen-bond acceptors (Lipinski definition) is 2. The summed E-state index contributed by atoms with van der Waals surface area (Å²) in [5.74, 6) is 1.32. The van der Waals surface area contributed by atoms with E-state index in [4.69, 9.17) is 4.74 Å². The first-order valence-electron chi connectivity index (χ1n) is 11.3. The first-order chi connectivity index (χ1) is 15.2. The molecule has 0 aromatic heterocycles. The van der Waals surface area contributed by atoms with Gasteiger partial charge < -0.3 is 10.1 Å². The van der Waals surface area contributed by atoms with Gasteiger partial charge in [-0.3, -0.25) is 4.79 Å². The van der Waals surface area contributed by atoms with E-state index in [1.54, 1.807) is 0 Å². The highest BCUT2D eigenvalue weighted by Crippen LogP contribution is 2.38. The molecule has 160 valence electrons. The van der Waals surface area contributed by atoms with Crippen molar-refractivity contribution in [3.63, 3.8) is 0 Å². The molecule has 3 heteroatoms. The van der Waals surface area contributed by atoms with Crippen LogP contribution in [0.25, 0.3) is 0 Å². The molecule has 1 fully saturated rings. The summed E-state index contributed by atoms with van der Waals surface area (Å²) in [7, 11) is 0. The number of para-hydroxylation sites is 1. The molecule has 0 aliphatic heterocycles. The number of nitrogens with one attached hydrogen (secondary N) is 1. The van der Waals surface area contributed by atoms with Crippen LogP contribution in [0.4, 0.5) is 0 Å². The summed E-state index contributed by atoms with van der Waals surface area (Å²) in [6, 6.07) is 28.7. The third kappa shape index (κ3) is 5.55. The predicted molar refractivity (Wildman–Crippen MR) is 125 cm³/mol. The molecule has 4 rings (SSSR count). The van der Waals surface area contributed by atoms with Crippen molar-refractivity contribution in [2.75, 3.05) is 0 Å². The lowest BCUT2D eigenvalue weighted by Crippen LogP contribution is -2.37. The molecule has 3 aromatic rings. The first kappa shape index (κ1) is 21.2. The van der Waals surface area contributed by atoms with E-state index in [9.17, 15) is 4.79 Å². The van der Waals surface area contributed by atoms with Crippen LogP contribution >= 0.6 is 0 Å². The maximum atomic E-state index is 13.2. The molecule has 31 heavy (non-hydrogen) atoms. The second-order valence-corrected chi connectivity index (χ2v) is 8.49. The third-order valence-corrected chi connectivity index (χ3v) is 6.29. The van der Waals surface area contributed by atoms with E-state index < -0.39 is 0 Å². The normalized spacial score (nSPS) is 19.4. The van der Waals surface area contributed by atoms with E-state index in [0.717, 1.165) is 36.1 Å². The Morgan fingerprint density at radius 1 is 0.935 bits per heavy atom. The lowest BCUT2D eigenvalue weighted by Gasteiger charge is -2.32. The Balaban J connectivity index is 1.45. The highest BCUT2D eigenvalue weighted by molar-refractivity contribution is 5.80. The number of carbonyl (C=O) groups excluding carboxylic acids is 1. The number of benzene rings is 3. The van der Waals surface area contributed by atoms with Gasteiger partial charge in [0.05, 0.1) is 6.04 Å². The van der Waals surface area contributed by atoms with Gasteiger partial charge in [0.25, 0.3) is 0 Å². The number of ether oxygens (including phenoxy) is 1. The van der Waals surface area contributed by atoms with Gasteiger partial charge in [-0.05, 0) is 54.5 Å². The van der Waals surface area contributed by atoms with Gasteiger partial charge in [0.1, 0.15) is 12.4 Å². The van der Waals surface area contributed by atoms with E-state index in [2.05, 4.69) is 48.6 Å². The highest BCUT2D eigenvalue weighted by Gasteiger charge is 2.32. The van der Waals surface area contributed by atoms with Crippen molar-refractivity contribution >= 4 is 5.91 Å². The highest BCUT2D eigenvalue weighted by atomic mass is 16.5. The maximum absolute atomic E-state index is 13.2. The van der Waals surface area contributed by atoms with Gasteiger partial charge in [0.15, 0.2) is 0 Å². The monoisotopic (exact) mass is 413 g/mol. The topological polar surface area (TPSA) is 38.3 Å². The van der Waals surface area contributed by atoms with Gasteiger partial charge in [-0.2, -0.15) is 0 Å². The van der Waals surface area contributed by atoms with Crippen molar-refractivity contribution in [1.29, 1.82) is 0 Å². The minimum atomic E-state index is 0.0156. The van der Waals surface area contributed by atoms with E-state index in [0.29, 0.717) is 6.61 Å². The second kappa shape index (κ2) is 10.3. The van der Waals surface area contributed by atoms with Crippen molar-refractivity contribution in [1.82, 2.24) is 5.32 Å². The summed E-state index contributed by atoms with van der Waals surface area (Å²) in [6.45, 7) is 2.60. The Kier molecular flexibility index (Phi) is 7.03. The zero-order valence-electron chi connectivity index (χ0n) is 18.2. The predicted octanol–water partition coefficient (Wildman–Crippen LogP) is 6.42. The number of carbonyl (C=O) groups is 1. The van der Waals surface area contributed by atoms with Crippen LogP contribution in [0.2, 0.25) is 0 Å². The SMILES string of the molecule is C[C@H](NC(=O)[C@H]1CCCC[C@H]1c1cccc(COc2ccccc2)c1)c1ccccc1. The summed E-state index contributed by atoms with van der Waals surface area (Å²) in [5, 5.41) is 3.26. The van der Waals surface area contributed by atoms with Gasteiger partial charge in [0, 0.05) is 5.92 Å². The van der Waals surface area contributed by atoms with Gasteiger partial charge in [-0.1, -0.05) is 85.6 Å². The Labute approximate surface area is 185 Å². The van der Waals surface area contributed by atoms with Crippen molar-refractivity contribution < 1.29 is 9.53 Å². The number of rotatable bonds is 7. The molecule has 0 spiro atoms. The van der Waals surface area contributed by atoms with Crippen LogP contribution in [0.5, 0.6) is 5.75 Å². The van der Waals surface area contributed by atoms with E-state index >= 15 is 0 Å². The summed E-state index contributed by atoms with van der Waals surface area (Å²) in [6.07, 6.45) is 4.29. The zero-order chi connectivity index (χ0) is 21.5. The fourth-order valence-electron chi connectivity index (χ4n) is 4.59. The van der Waals surface area contributed by atoms with Crippen LogP contribution in [-0.4, -0.2) is 5.91 Å². The largest absolute Gasteiger partial charge is 0.489 e. The zero-order valence-corrected chi connectivity index (χ0v) is 18.2. The van der Waals surface area contributed by atoms with Crippen LogP contribution in [0, 0.1) is 5.92 Å². The quantitative estimate of drug-likeness (QED) is 0.485. The smallest absolute Gasteiger partial charge is 0.224 e. The summed E-state index contributed by atoms with van der Waals surface area (Å²) < 4.78 is 5.93. The molecule has 0 saturated heterocycles. The van der Waals surface area contributed by atoms with Crippen molar-refractivity contribution in [2.45, 2.75) is 51.2 Å². The molecule has 3 atom stereocenters. The van der Waals surface area contributed by atoms with Crippen LogP contribution in [0.1, 0.15) is 61.3 Å². The molecular weight excluding hydrogens is 382 g/mol. The molecule has 0 radical (unpaired) electrons. The molecule has 1 aliphatic carbocycles. The van der Waals surface area contributed by atoms with Gasteiger partial charge >= 0.3 is 0 Å². The summed E-state index contributed by atoms with van der Waals surface area (Å²) in [4.78, 5) is 13.2. The van der Waals surface area contributed by atoms with Gasteiger partial charge in [0.2, 0.25) is 5.91 Å². The van der Waals surface area contributed by atoms with E-state index in [-0.39, 0.29) is 23.8 Å². The van der Waals surface area contributed by atoms with Crippen LogP contribution in [0.15, 0.2) is 84.9 Å². The van der Waals surface area contributed by atoms with Gasteiger partial charge in [-0.25, -0.2) is 0 Å². The molecular formula is C28H31NO2. The Morgan fingerprint density at radius 2 is 1.65 bits per heavy atom. The van der Waals surface area contributed by atoms with Crippen LogP contribution in [-0.2, 0) is 11.4 Å². The molecule has 3 nitrogen and oxygen atoms in total. The molecule has 1 N–H and O–H groups in total. The first-order valence-corrected chi connectivity index (χ1v) is 11.3. The average Bonchev–Trinajstić information content (AvgIpc) is 2.84. The van der Waals surface area contributed by atoms with E-state index in [1.807, 2.05) is 48.5 Å². The molecule has 0 heterocycles. The lowest BCUT2D eigenvalue weighted by atomic mass is 9.74. The molecule has 1 amide bonds. The Hall–Kier alpha value is -3.07. The van der Waals surface area contributed by atoms with E-state index in [1.165, 1.54) is 12.0 Å². The Morgan fingerprint density at radius 3 is 2.42 bits per heavy atom. The van der Waals surface area contributed by atoms with Crippen molar-refractivity contribution in [3.8, 4) is 5.75 Å². The minimum Gasteiger partial charge on any atom is -0.489 e. The summed E-state index contributed by atoms with van der Waals surface area (Å²) in [5.41, 5.74) is 3.54. The van der Waals surface area contributed by atoms with Crippen LogP contribution in [0.3, 0.4) is 0 Å². The minimum absolute atomic E-state index is 0.0156. The number of hydrogen-bond donors (Lipinski definition) is 1. The van der Waals surface area contributed by atoms with Crippen molar-refractivity contribution in [2.24, 2.45) is 5.92 Å². The number of amides is 1. The molecule has 1 aliphatic rings. The fraction of sp³-hybridized carbons (Fsp3) is 0.321. The van der Waals surface area contributed by atoms with Crippen molar-refractivity contribution in [3.05, 3.63) is 102 Å². The second-order valence-electron chi connectivity index (χ2n) is 8.49. The molecule has 1 saturated carbocycles. The molecule has 3 aromatic carbocycles. The standard InChI is InChI=1S/C28H31NO2/c1-21(23-12-4-2-5-13-23)29-28(30)27-18-9-8-17-26(27)24-14-10-11-22(19-24)20-31-25-15-6-3-7-16-25/h2-7,10-16,19,21,26-27H,8-9,17-18,20H2,1H3,(H,29,30)/t21-,26-,27-/m0/s1. The Bertz CT molecular complexity index is 971. The van der Waals surface area contributed by atoms with Gasteiger partial charge in [-0.15, -0.1) is 0 Å². The maximum Gasteiger partial charge on any atom is 0.224 e.